The van der Waals surface area contributed by atoms with E-state index < -0.39 is 0 Å². The van der Waals surface area contributed by atoms with Crippen molar-refractivity contribution in [3.8, 4) is 0 Å². The van der Waals surface area contributed by atoms with Crippen LogP contribution in [-0.2, 0) is 5.41 Å². The monoisotopic (exact) mass is 164 g/mol. The molecule has 1 heterocycles. The van der Waals surface area contributed by atoms with Crippen LogP contribution in [0, 0.1) is 5.41 Å². The summed E-state index contributed by atoms with van der Waals surface area (Å²) in [5.74, 6) is 0. The first-order valence-electron chi connectivity index (χ1n) is 4.46. The molecule has 2 nitrogen and oxygen atoms in total. The van der Waals surface area contributed by atoms with Crippen LogP contribution in [0.15, 0.2) is 18.3 Å². The van der Waals surface area contributed by atoms with E-state index in [9.17, 15) is 0 Å². The van der Waals surface area contributed by atoms with Crippen molar-refractivity contribution in [2.45, 2.75) is 25.7 Å². The van der Waals surface area contributed by atoms with E-state index in [4.69, 9.17) is 5.73 Å². The minimum Gasteiger partial charge on any atom is -0.364 e. The lowest BCUT2D eigenvalue weighted by Crippen LogP contribution is -2.25. The minimum atomic E-state index is 0.233. The highest BCUT2D eigenvalue weighted by atomic mass is 14.8. The van der Waals surface area contributed by atoms with Gasteiger partial charge < -0.3 is 10.7 Å². The maximum Gasteiger partial charge on any atom is 0.0283 e. The molecule has 1 aliphatic rings. The van der Waals surface area contributed by atoms with Gasteiger partial charge in [-0.1, -0.05) is 13.8 Å². The number of aromatic nitrogens is 1. The summed E-state index contributed by atoms with van der Waals surface area (Å²) in [5.41, 5.74) is 7.73. The van der Waals surface area contributed by atoms with Crippen LogP contribution < -0.4 is 5.73 Å². The maximum absolute atomic E-state index is 5.82. The largest absolute Gasteiger partial charge is 0.364 e. The van der Waals surface area contributed by atoms with Gasteiger partial charge in [-0.25, -0.2) is 0 Å². The number of hydrogen-bond donors (Lipinski definition) is 2. The second-order valence-corrected chi connectivity index (χ2v) is 4.43. The topological polar surface area (TPSA) is 41.8 Å². The second kappa shape index (κ2) is 2.13. The minimum absolute atomic E-state index is 0.233. The summed E-state index contributed by atoms with van der Waals surface area (Å²) in [4.78, 5) is 3.27. The molecule has 0 aromatic carbocycles. The zero-order valence-corrected chi connectivity index (χ0v) is 7.72. The van der Waals surface area contributed by atoms with E-state index in [1.807, 2.05) is 12.3 Å². The number of H-pyrrole nitrogens is 1. The highest BCUT2D eigenvalue weighted by Crippen LogP contribution is 2.63. The molecular formula is C10H16N2. The van der Waals surface area contributed by atoms with Crippen LogP contribution >= 0.6 is 0 Å². The molecule has 0 amide bonds. The first-order chi connectivity index (χ1) is 5.62. The molecule has 12 heavy (non-hydrogen) atoms. The van der Waals surface area contributed by atoms with Gasteiger partial charge in [0.2, 0.25) is 0 Å². The number of hydrogen-bond acceptors (Lipinski definition) is 1. The van der Waals surface area contributed by atoms with Crippen molar-refractivity contribution in [2.24, 2.45) is 11.1 Å². The van der Waals surface area contributed by atoms with E-state index in [0.717, 1.165) is 6.54 Å². The number of rotatable bonds is 2. The van der Waals surface area contributed by atoms with Gasteiger partial charge in [-0.15, -0.1) is 0 Å². The molecule has 0 saturated heterocycles. The van der Waals surface area contributed by atoms with Gasteiger partial charge in [0.1, 0.15) is 0 Å². The zero-order valence-electron chi connectivity index (χ0n) is 7.72. The standard InChI is InChI=1S/C10H16N2/c1-9(2)6-10(9,7-11)8-4-3-5-12-8/h3-5,12H,6-7,11H2,1-2H3. The van der Waals surface area contributed by atoms with E-state index in [1.165, 1.54) is 12.1 Å². The van der Waals surface area contributed by atoms with Crippen molar-refractivity contribution in [1.82, 2.24) is 4.98 Å². The SMILES string of the molecule is CC1(C)CC1(CN)c1ccc[nH]1. The fourth-order valence-corrected chi connectivity index (χ4v) is 2.26. The summed E-state index contributed by atoms with van der Waals surface area (Å²) in [6.45, 7) is 5.31. The van der Waals surface area contributed by atoms with Crippen LogP contribution in [0.25, 0.3) is 0 Å². The van der Waals surface area contributed by atoms with Crippen LogP contribution in [-0.4, -0.2) is 11.5 Å². The third-order valence-corrected chi connectivity index (χ3v) is 3.38. The van der Waals surface area contributed by atoms with Crippen molar-refractivity contribution >= 4 is 0 Å². The molecule has 1 aromatic heterocycles. The first kappa shape index (κ1) is 7.87. The molecule has 3 N–H and O–H groups in total. The van der Waals surface area contributed by atoms with E-state index in [-0.39, 0.29) is 5.41 Å². The summed E-state index contributed by atoms with van der Waals surface area (Å²) in [5, 5.41) is 0. The normalized spacial score (nSPS) is 31.9. The van der Waals surface area contributed by atoms with Crippen molar-refractivity contribution < 1.29 is 0 Å². The molecule has 0 radical (unpaired) electrons. The molecule has 2 rings (SSSR count). The third kappa shape index (κ3) is 0.787. The highest BCUT2D eigenvalue weighted by molar-refractivity contribution is 5.32. The predicted octanol–water partition coefficient (Wildman–Crippen LogP) is 1.64. The number of nitrogens with two attached hydrogens (primary N) is 1. The molecule has 1 aromatic rings. The predicted molar refractivity (Wildman–Crippen MR) is 49.9 cm³/mol. The molecule has 0 spiro atoms. The van der Waals surface area contributed by atoms with E-state index in [0.29, 0.717) is 5.41 Å². The Balaban J connectivity index is 2.34. The Kier molecular flexibility index (Phi) is 1.40. The van der Waals surface area contributed by atoms with E-state index in [1.54, 1.807) is 0 Å². The lowest BCUT2D eigenvalue weighted by Gasteiger charge is -2.16. The zero-order chi connectivity index (χ0) is 8.82. The van der Waals surface area contributed by atoms with Crippen LogP contribution in [0.2, 0.25) is 0 Å². The summed E-state index contributed by atoms with van der Waals surface area (Å²) < 4.78 is 0. The van der Waals surface area contributed by atoms with Crippen LogP contribution in [0.1, 0.15) is 26.0 Å². The summed E-state index contributed by atoms with van der Waals surface area (Å²) in [7, 11) is 0. The average molecular weight is 164 g/mol. The molecule has 1 fully saturated rings. The van der Waals surface area contributed by atoms with Crippen molar-refractivity contribution in [3.63, 3.8) is 0 Å². The van der Waals surface area contributed by atoms with Gasteiger partial charge in [-0.3, -0.25) is 0 Å². The van der Waals surface area contributed by atoms with Gasteiger partial charge in [-0.2, -0.15) is 0 Å². The van der Waals surface area contributed by atoms with Crippen LogP contribution in [0.3, 0.4) is 0 Å². The Hall–Kier alpha value is -0.760. The lowest BCUT2D eigenvalue weighted by atomic mass is 9.93. The van der Waals surface area contributed by atoms with Crippen LogP contribution in [0.4, 0.5) is 0 Å². The second-order valence-electron chi connectivity index (χ2n) is 4.43. The Morgan fingerprint density at radius 2 is 2.25 bits per heavy atom. The molecule has 1 atom stereocenters. The molecule has 1 saturated carbocycles. The van der Waals surface area contributed by atoms with Gasteiger partial charge in [0.15, 0.2) is 0 Å². The van der Waals surface area contributed by atoms with Crippen LogP contribution in [0.5, 0.6) is 0 Å². The molecule has 66 valence electrons. The molecule has 1 aliphatic carbocycles. The summed E-state index contributed by atoms with van der Waals surface area (Å²) in [6.07, 6.45) is 3.18. The molecule has 2 heteroatoms. The fraction of sp³-hybridized carbons (Fsp3) is 0.600. The van der Waals surface area contributed by atoms with E-state index in [2.05, 4.69) is 24.9 Å². The molecule has 1 unspecified atom stereocenters. The first-order valence-corrected chi connectivity index (χ1v) is 4.46. The lowest BCUT2D eigenvalue weighted by molar-refractivity contribution is 0.495. The Bertz CT molecular complexity index is 274. The third-order valence-electron chi connectivity index (χ3n) is 3.38. The maximum atomic E-state index is 5.82. The van der Waals surface area contributed by atoms with Crippen molar-refractivity contribution in [3.05, 3.63) is 24.0 Å². The van der Waals surface area contributed by atoms with Gasteiger partial charge in [0, 0.05) is 23.9 Å². The Labute approximate surface area is 73.2 Å². The summed E-state index contributed by atoms with van der Waals surface area (Å²) >= 11 is 0. The van der Waals surface area contributed by atoms with Gasteiger partial charge in [0.05, 0.1) is 0 Å². The smallest absolute Gasteiger partial charge is 0.0283 e. The van der Waals surface area contributed by atoms with E-state index >= 15 is 0 Å². The Morgan fingerprint density at radius 1 is 1.58 bits per heavy atom. The summed E-state index contributed by atoms with van der Waals surface area (Å²) in [6, 6.07) is 4.18. The van der Waals surface area contributed by atoms with Gasteiger partial charge in [0.25, 0.3) is 0 Å². The quantitative estimate of drug-likeness (QED) is 0.685. The number of aromatic amines is 1. The van der Waals surface area contributed by atoms with Crippen molar-refractivity contribution in [2.75, 3.05) is 6.54 Å². The fourth-order valence-electron chi connectivity index (χ4n) is 2.26. The molecular weight excluding hydrogens is 148 g/mol. The molecule has 0 aliphatic heterocycles. The highest BCUT2D eigenvalue weighted by Gasteiger charge is 2.61. The Morgan fingerprint density at radius 3 is 2.58 bits per heavy atom. The van der Waals surface area contributed by atoms with Gasteiger partial charge in [-0.05, 0) is 24.0 Å². The molecule has 0 bridgehead atoms. The number of nitrogens with one attached hydrogen (secondary N) is 1. The van der Waals surface area contributed by atoms with Gasteiger partial charge >= 0.3 is 0 Å². The average Bonchev–Trinajstić information content (AvgIpc) is 2.52. The van der Waals surface area contributed by atoms with Crippen molar-refractivity contribution in [1.29, 1.82) is 0 Å².